The predicted molar refractivity (Wildman–Crippen MR) is 63.0 cm³/mol. The molecule has 1 fully saturated rings. The van der Waals surface area contributed by atoms with E-state index in [4.69, 9.17) is 14.7 Å². The second-order valence-corrected chi connectivity index (χ2v) is 5.38. The zero-order valence-corrected chi connectivity index (χ0v) is 11.2. The fourth-order valence-electron chi connectivity index (χ4n) is 2.03. The topological polar surface area (TPSA) is 149 Å². The molecule has 1 saturated heterocycles. The van der Waals surface area contributed by atoms with Gasteiger partial charge in [-0.1, -0.05) is 0 Å². The van der Waals surface area contributed by atoms with Crippen LogP contribution >= 0.6 is 0 Å². The first kappa shape index (κ1) is 14.8. The van der Waals surface area contributed by atoms with E-state index in [1.54, 1.807) is 0 Å². The van der Waals surface area contributed by atoms with Crippen molar-refractivity contribution in [2.45, 2.75) is 37.8 Å². The van der Waals surface area contributed by atoms with Crippen LogP contribution in [0.2, 0.25) is 0 Å². The summed E-state index contributed by atoms with van der Waals surface area (Å²) in [5.74, 6) is -0.240. The quantitative estimate of drug-likeness (QED) is 0.667. The Hall–Kier alpha value is -1.56. The third kappa shape index (κ3) is 3.72. The van der Waals surface area contributed by atoms with Crippen LogP contribution in [0.1, 0.15) is 37.6 Å². The zero-order chi connectivity index (χ0) is 14.8. The van der Waals surface area contributed by atoms with Gasteiger partial charge in [-0.25, -0.2) is 0 Å². The number of carbonyl (C=O) groups is 1. The maximum Gasteiger partial charge on any atom is 0.418 e. The molecule has 2 atom stereocenters. The van der Waals surface area contributed by atoms with E-state index in [0.29, 0.717) is 24.3 Å². The minimum absolute atomic E-state index is 0.149. The van der Waals surface area contributed by atoms with Crippen LogP contribution in [-0.4, -0.2) is 40.2 Å². The van der Waals surface area contributed by atoms with Gasteiger partial charge in [-0.05, 0) is 19.3 Å². The molecule has 1 aromatic heterocycles. The van der Waals surface area contributed by atoms with Crippen LogP contribution in [0.3, 0.4) is 0 Å². The maximum absolute atomic E-state index is 11.5. The normalized spacial score (nSPS) is 21.4. The Labute approximate surface area is 114 Å². The third-order valence-corrected chi connectivity index (χ3v) is 3.30. The van der Waals surface area contributed by atoms with Gasteiger partial charge in [-0.3, -0.25) is 9.35 Å². The van der Waals surface area contributed by atoms with Gasteiger partial charge in [0.1, 0.15) is 0 Å². The molecule has 20 heavy (non-hydrogen) atoms. The van der Waals surface area contributed by atoms with E-state index < -0.39 is 28.4 Å². The highest BCUT2D eigenvalue weighted by Gasteiger charge is 2.35. The Kier molecular flexibility index (Phi) is 4.32. The van der Waals surface area contributed by atoms with E-state index in [9.17, 15) is 13.2 Å². The summed E-state index contributed by atoms with van der Waals surface area (Å²) in [5, 5.41) is 7.84. The Morgan fingerprint density at radius 2 is 2.40 bits per heavy atom. The molecule has 0 bridgehead atoms. The fraction of sp³-hybridized carbons (Fsp3) is 0.667. The smallest absolute Gasteiger partial charge is 0.418 e. The van der Waals surface area contributed by atoms with Crippen molar-refractivity contribution < 1.29 is 26.5 Å². The highest BCUT2D eigenvalue weighted by atomic mass is 32.3. The minimum atomic E-state index is -4.72. The molecule has 0 radical (unpaired) electrons. The number of aromatic nitrogens is 2. The summed E-state index contributed by atoms with van der Waals surface area (Å²) in [5.41, 5.74) is 5.82. The molecule has 112 valence electrons. The molecule has 10 nitrogen and oxygen atoms in total. The minimum Gasteiger partial charge on any atom is -0.426 e. The summed E-state index contributed by atoms with van der Waals surface area (Å²) in [7, 11) is -4.72. The molecule has 2 rings (SSSR count). The highest BCUT2D eigenvalue weighted by molar-refractivity contribution is 7.80. The molecule has 3 N–H and O–H groups in total. The highest BCUT2D eigenvalue weighted by Crippen LogP contribution is 2.26. The van der Waals surface area contributed by atoms with Crippen LogP contribution in [0.4, 0.5) is 0 Å². The monoisotopic (exact) mass is 306 g/mol. The largest absolute Gasteiger partial charge is 0.426 e. The molecule has 0 spiro atoms. The lowest BCUT2D eigenvalue weighted by Gasteiger charge is -2.21. The standard InChI is InChI=1S/C9H14N4O6S/c10-7(9-12-11-5-18-9)3-1-6-2-4-8(14)13(6)19-20(15,16)17/h5-7H,1-4,10H2,(H,15,16,17)/t6-,7+/m1/s1. The molecule has 1 aliphatic rings. The summed E-state index contributed by atoms with van der Waals surface area (Å²) in [6.07, 6.45) is 2.50. The first-order valence-electron chi connectivity index (χ1n) is 5.87. The average Bonchev–Trinajstić information content (AvgIpc) is 2.97. The second kappa shape index (κ2) is 5.83. The van der Waals surface area contributed by atoms with Gasteiger partial charge < -0.3 is 10.2 Å². The molecular weight excluding hydrogens is 292 g/mol. The van der Waals surface area contributed by atoms with Gasteiger partial charge in [0.25, 0.3) is 0 Å². The third-order valence-electron chi connectivity index (χ3n) is 2.95. The number of hydrogen-bond donors (Lipinski definition) is 2. The van der Waals surface area contributed by atoms with Crippen LogP contribution in [0.25, 0.3) is 0 Å². The maximum atomic E-state index is 11.5. The van der Waals surface area contributed by atoms with Gasteiger partial charge >= 0.3 is 10.4 Å². The molecular formula is C9H14N4O6S. The van der Waals surface area contributed by atoms with Crippen molar-refractivity contribution in [3.05, 3.63) is 12.3 Å². The molecule has 11 heteroatoms. The number of nitrogens with zero attached hydrogens (tertiary/aromatic N) is 3. The number of amides is 1. The summed E-state index contributed by atoms with van der Waals surface area (Å²) in [6, 6.07) is -0.987. The lowest BCUT2D eigenvalue weighted by atomic mass is 10.1. The van der Waals surface area contributed by atoms with Crippen molar-refractivity contribution in [3.8, 4) is 0 Å². The van der Waals surface area contributed by atoms with E-state index in [2.05, 4.69) is 14.5 Å². The lowest BCUT2D eigenvalue weighted by Crippen LogP contribution is -2.35. The van der Waals surface area contributed by atoms with E-state index in [0.717, 1.165) is 6.39 Å². The van der Waals surface area contributed by atoms with E-state index in [1.807, 2.05) is 0 Å². The first-order valence-corrected chi connectivity index (χ1v) is 7.24. The van der Waals surface area contributed by atoms with Gasteiger partial charge in [0, 0.05) is 6.42 Å². The van der Waals surface area contributed by atoms with Gasteiger partial charge in [-0.15, -0.1) is 14.5 Å². The first-order chi connectivity index (χ1) is 9.37. The van der Waals surface area contributed by atoms with E-state index >= 15 is 0 Å². The lowest BCUT2D eigenvalue weighted by molar-refractivity contribution is -0.157. The van der Waals surface area contributed by atoms with Crippen LogP contribution in [0, 0.1) is 0 Å². The summed E-state index contributed by atoms with van der Waals surface area (Å²) in [4.78, 5) is 11.5. The van der Waals surface area contributed by atoms with E-state index in [1.165, 1.54) is 0 Å². The summed E-state index contributed by atoms with van der Waals surface area (Å²) >= 11 is 0. The SMILES string of the molecule is N[C@@H](CC[C@@H]1CCC(=O)N1OS(=O)(=O)O)c1nnco1. The van der Waals surface area contributed by atoms with Crippen molar-refractivity contribution in [2.75, 3.05) is 0 Å². The van der Waals surface area contributed by atoms with Crippen molar-refractivity contribution in [3.63, 3.8) is 0 Å². The van der Waals surface area contributed by atoms with Crippen molar-refractivity contribution >= 4 is 16.3 Å². The number of nitrogens with two attached hydrogens (primary N) is 1. The Balaban J connectivity index is 1.93. The molecule has 0 aromatic carbocycles. The molecule has 1 aliphatic heterocycles. The number of hydroxylamine groups is 2. The second-order valence-electron chi connectivity index (χ2n) is 4.38. The molecule has 1 aromatic rings. The number of rotatable bonds is 6. The number of hydrogen-bond acceptors (Lipinski definition) is 8. The summed E-state index contributed by atoms with van der Waals surface area (Å²) in [6.45, 7) is 0. The van der Waals surface area contributed by atoms with Gasteiger partial charge in [0.2, 0.25) is 18.2 Å². The van der Waals surface area contributed by atoms with Gasteiger partial charge in [0.05, 0.1) is 12.1 Å². The fourth-order valence-corrected chi connectivity index (χ4v) is 2.43. The van der Waals surface area contributed by atoms with Gasteiger partial charge in [-0.2, -0.15) is 13.5 Å². The Morgan fingerprint density at radius 3 is 3.00 bits per heavy atom. The summed E-state index contributed by atoms with van der Waals surface area (Å²) < 4.78 is 39.2. The van der Waals surface area contributed by atoms with Crippen LogP contribution in [0.15, 0.2) is 10.8 Å². The van der Waals surface area contributed by atoms with Crippen LogP contribution in [0.5, 0.6) is 0 Å². The van der Waals surface area contributed by atoms with Crippen LogP contribution < -0.4 is 5.73 Å². The molecule has 0 aliphatic carbocycles. The predicted octanol–water partition coefficient (Wildman–Crippen LogP) is -0.425. The molecule has 2 heterocycles. The van der Waals surface area contributed by atoms with Crippen molar-refractivity contribution in [2.24, 2.45) is 5.73 Å². The molecule has 0 saturated carbocycles. The Bertz CT molecular complexity index is 559. The molecule has 0 unspecified atom stereocenters. The van der Waals surface area contributed by atoms with E-state index in [-0.39, 0.29) is 12.3 Å². The average molecular weight is 306 g/mol. The van der Waals surface area contributed by atoms with Crippen molar-refractivity contribution in [1.29, 1.82) is 0 Å². The zero-order valence-electron chi connectivity index (χ0n) is 10.4. The van der Waals surface area contributed by atoms with Crippen LogP contribution in [-0.2, 0) is 19.5 Å². The van der Waals surface area contributed by atoms with Gasteiger partial charge in [0.15, 0.2) is 0 Å². The molecule has 1 amide bonds. The Morgan fingerprint density at radius 1 is 1.65 bits per heavy atom. The number of carbonyl (C=O) groups excluding carboxylic acids is 1. The van der Waals surface area contributed by atoms with Crippen molar-refractivity contribution in [1.82, 2.24) is 15.3 Å².